The van der Waals surface area contributed by atoms with E-state index in [0.717, 1.165) is 17.9 Å². The predicted octanol–water partition coefficient (Wildman–Crippen LogP) is 2.69. The Balaban J connectivity index is 2.20. The lowest BCUT2D eigenvalue weighted by atomic mass is 10.0. The molecule has 1 amide bonds. The smallest absolute Gasteiger partial charge is 0.244 e. The van der Waals surface area contributed by atoms with E-state index < -0.39 is 32.7 Å². The average Bonchev–Trinajstić information content (AvgIpc) is 2.97. The fraction of sp³-hybridized carbons (Fsp3) is 0.389. The molecular weight excluding hydrogens is 359 g/mol. The Bertz CT molecular complexity index is 877. The lowest BCUT2D eigenvalue weighted by Gasteiger charge is -2.26. The molecule has 1 aromatic carbocycles. The van der Waals surface area contributed by atoms with Crippen LogP contribution in [-0.2, 0) is 21.4 Å². The third-order valence-corrected chi connectivity index (χ3v) is 5.38. The van der Waals surface area contributed by atoms with Gasteiger partial charge >= 0.3 is 0 Å². The number of hydrogen-bond acceptors (Lipinski definition) is 4. The van der Waals surface area contributed by atoms with Crippen LogP contribution >= 0.6 is 0 Å². The molecule has 6 nitrogen and oxygen atoms in total. The second kappa shape index (κ2) is 8.01. The van der Waals surface area contributed by atoms with Crippen LogP contribution in [0.4, 0.5) is 4.39 Å². The van der Waals surface area contributed by atoms with Gasteiger partial charge in [0.05, 0.1) is 6.54 Å². The summed E-state index contributed by atoms with van der Waals surface area (Å²) in [5.74, 6) is -0.299. The van der Waals surface area contributed by atoms with Crippen molar-refractivity contribution in [3.05, 3.63) is 53.7 Å². The second-order valence-corrected chi connectivity index (χ2v) is 8.16. The highest BCUT2D eigenvalue weighted by atomic mass is 32.2. The zero-order chi connectivity index (χ0) is 19.5. The highest BCUT2D eigenvalue weighted by Crippen LogP contribution is 2.17. The first-order valence-corrected chi connectivity index (χ1v) is 9.67. The minimum atomic E-state index is -4.18. The van der Waals surface area contributed by atoms with Gasteiger partial charge in [0.1, 0.15) is 28.3 Å². The van der Waals surface area contributed by atoms with Crippen LogP contribution in [0.15, 0.2) is 45.7 Å². The molecule has 0 saturated heterocycles. The molecule has 0 spiro atoms. The maximum atomic E-state index is 13.9. The number of benzene rings is 1. The fourth-order valence-corrected chi connectivity index (χ4v) is 3.90. The van der Waals surface area contributed by atoms with Gasteiger partial charge in [-0.1, -0.05) is 26.0 Å². The first kappa shape index (κ1) is 20.1. The van der Waals surface area contributed by atoms with Crippen LogP contribution < -0.4 is 4.72 Å². The van der Waals surface area contributed by atoms with E-state index in [0.29, 0.717) is 5.76 Å². The SMILES string of the molecule is Cc1ccc(CN(C)C(=O)[C@@H](NS(=O)(=O)c2ccccc2F)C(C)C)o1. The molecule has 1 N–H and O–H groups in total. The molecule has 1 aromatic heterocycles. The molecule has 2 aromatic rings. The number of carbonyl (C=O) groups excluding carboxylic acids is 1. The van der Waals surface area contributed by atoms with Crippen molar-refractivity contribution in [3.63, 3.8) is 0 Å². The van der Waals surface area contributed by atoms with Gasteiger partial charge in [0.15, 0.2) is 0 Å². The maximum absolute atomic E-state index is 13.9. The van der Waals surface area contributed by atoms with Gasteiger partial charge in [-0.05, 0) is 37.1 Å². The molecule has 0 radical (unpaired) electrons. The Hall–Kier alpha value is -2.19. The van der Waals surface area contributed by atoms with Crippen molar-refractivity contribution in [1.29, 1.82) is 0 Å². The Morgan fingerprint density at radius 1 is 1.23 bits per heavy atom. The number of nitrogens with one attached hydrogen (secondary N) is 1. The van der Waals surface area contributed by atoms with Gasteiger partial charge in [0.2, 0.25) is 15.9 Å². The van der Waals surface area contributed by atoms with Gasteiger partial charge in [-0.15, -0.1) is 0 Å². The quantitative estimate of drug-likeness (QED) is 0.798. The molecule has 0 aliphatic carbocycles. The van der Waals surface area contributed by atoms with E-state index in [2.05, 4.69) is 4.72 Å². The maximum Gasteiger partial charge on any atom is 0.244 e. The van der Waals surface area contributed by atoms with E-state index in [9.17, 15) is 17.6 Å². The van der Waals surface area contributed by atoms with E-state index in [4.69, 9.17) is 4.42 Å². The van der Waals surface area contributed by atoms with Crippen LogP contribution in [0.3, 0.4) is 0 Å². The minimum absolute atomic E-state index is 0.206. The molecule has 26 heavy (non-hydrogen) atoms. The number of likely N-dealkylation sites (N-methyl/N-ethyl adjacent to an activating group) is 1. The Kier molecular flexibility index (Phi) is 6.20. The van der Waals surface area contributed by atoms with Crippen molar-refractivity contribution in [1.82, 2.24) is 9.62 Å². The van der Waals surface area contributed by atoms with Crippen molar-refractivity contribution in [2.24, 2.45) is 5.92 Å². The standard InChI is InChI=1S/C18H23FN2O4S/c1-12(2)17(18(22)21(4)11-14-10-9-13(3)25-14)20-26(23,24)16-8-6-5-7-15(16)19/h5-10,12,17,20H,11H2,1-4H3/t17-/m0/s1. The molecule has 0 aliphatic rings. The monoisotopic (exact) mass is 382 g/mol. The van der Waals surface area contributed by atoms with Gasteiger partial charge in [0.25, 0.3) is 0 Å². The Labute approximate surface area is 153 Å². The fourth-order valence-electron chi connectivity index (χ4n) is 2.48. The van der Waals surface area contributed by atoms with Crippen LogP contribution in [-0.4, -0.2) is 32.3 Å². The molecule has 0 unspecified atom stereocenters. The molecule has 0 saturated carbocycles. The molecule has 0 aliphatic heterocycles. The van der Waals surface area contributed by atoms with Crippen molar-refractivity contribution in [2.45, 2.75) is 38.3 Å². The van der Waals surface area contributed by atoms with Crippen LogP contribution in [0.2, 0.25) is 0 Å². The minimum Gasteiger partial charge on any atom is -0.464 e. The van der Waals surface area contributed by atoms with Crippen molar-refractivity contribution in [2.75, 3.05) is 7.05 Å². The molecule has 0 fully saturated rings. The van der Waals surface area contributed by atoms with Crippen LogP contribution in [0, 0.1) is 18.7 Å². The Morgan fingerprint density at radius 2 is 1.88 bits per heavy atom. The average molecular weight is 382 g/mol. The molecule has 2 rings (SSSR count). The number of amides is 1. The molecule has 142 valence electrons. The van der Waals surface area contributed by atoms with Gasteiger partial charge in [-0.2, -0.15) is 4.72 Å². The summed E-state index contributed by atoms with van der Waals surface area (Å²) in [6.45, 7) is 5.44. The van der Waals surface area contributed by atoms with Gasteiger partial charge in [-0.25, -0.2) is 12.8 Å². The number of nitrogens with zero attached hydrogens (tertiary/aromatic N) is 1. The number of halogens is 1. The molecular formula is C18H23FN2O4S. The molecule has 1 heterocycles. The summed E-state index contributed by atoms with van der Waals surface area (Å²) in [6.07, 6.45) is 0. The third-order valence-electron chi connectivity index (χ3n) is 3.91. The van der Waals surface area contributed by atoms with Crippen LogP contribution in [0.1, 0.15) is 25.4 Å². The zero-order valence-corrected chi connectivity index (χ0v) is 16.0. The number of sulfonamides is 1. The van der Waals surface area contributed by atoms with Crippen LogP contribution in [0.5, 0.6) is 0 Å². The zero-order valence-electron chi connectivity index (χ0n) is 15.2. The summed E-state index contributed by atoms with van der Waals surface area (Å²) in [5, 5.41) is 0. The molecule has 1 atom stereocenters. The lowest BCUT2D eigenvalue weighted by molar-refractivity contribution is -0.133. The third kappa shape index (κ3) is 4.70. The first-order chi connectivity index (χ1) is 12.1. The molecule has 8 heteroatoms. The summed E-state index contributed by atoms with van der Waals surface area (Å²) in [5.41, 5.74) is 0. The number of aryl methyl sites for hydroxylation is 1. The largest absolute Gasteiger partial charge is 0.464 e. The first-order valence-electron chi connectivity index (χ1n) is 8.19. The van der Waals surface area contributed by atoms with Crippen molar-refractivity contribution >= 4 is 15.9 Å². The molecule has 0 bridgehead atoms. The van der Waals surface area contributed by atoms with Gasteiger partial charge < -0.3 is 9.32 Å². The predicted molar refractivity (Wildman–Crippen MR) is 95.3 cm³/mol. The van der Waals surface area contributed by atoms with E-state index in [-0.39, 0.29) is 12.5 Å². The topological polar surface area (TPSA) is 79.6 Å². The summed E-state index contributed by atoms with van der Waals surface area (Å²) in [6, 6.07) is 7.57. The summed E-state index contributed by atoms with van der Waals surface area (Å²) in [4.78, 5) is 13.7. The number of hydrogen-bond donors (Lipinski definition) is 1. The number of furan rings is 1. The van der Waals surface area contributed by atoms with E-state index in [1.807, 2.05) is 0 Å². The number of rotatable bonds is 7. The van der Waals surface area contributed by atoms with Gasteiger partial charge in [-0.3, -0.25) is 4.79 Å². The Morgan fingerprint density at radius 3 is 2.42 bits per heavy atom. The van der Waals surface area contributed by atoms with Crippen molar-refractivity contribution < 1.29 is 22.0 Å². The summed E-state index contributed by atoms with van der Waals surface area (Å²) in [7, 11) is -2.62. The lowest BCUT2D eigenvalue weighted by Crippen LogP contribution is -2.50. The summed E-state index contributed by atoms with van der Waals surface area (Å²) >= 11 is 0. The van der Waals surface area contributed by atoms with Crippen LogP contribution in [0.25, 0.3) is 0 Å². The van der Waals surface area contributed by atoms with E-state index in [1.54, 1.807) is 40.0 Å². The normalized spacial score (nSPS) is 13.0. The highest BCUT2D eigenvalue weighted by Gasteiger charge is 2.31. The second-order valence-electron chi connectivity index (χ2n) is 6.48. The van der Waals surface area contributed by atoms with Gasteiger partial charge in [0, 0.05) is 7.05 Å². The van der Waals surface area contributed by atoms with Crippen molar-refractivity contribution in [3.8, 4) is 0 Å². The highest BCUT2D eigenvalue weighted by molar-refractivity contribution is 7.89. The van der Waals surface area contributed by atoms with E-state index in [1.165, 1.54) is 17.0 Å². The number of carbonyl (C=O) groups is 1. The summed E-state index contributed by atoms with van der Waals surface area (Å²) < 4.78 is 46.7. The van der Waals surface area contributed by atoms with E-state index >= 15 is 0 Å².